The van der Waals surface area contributed by atoms with Crippen molar-refractivity contribution in [1.29, 1.82) is 0 Å². The molecule has 0 saturated heterocycles. The van der Waals surface area contributed by atoms with Crippen molar-refractivity contribution in [2.45, 2.75) is 65.2 Å². The van der Waals surface area contributed by atoms with E-state index in [2.05, 4.69) is 10.3 Å². The SMILES string of the molecule is Cc1nc(NC(=O)CN(CC2CC2)C(=O)C23CC4CC(CC(C4)C2)C3)sc1C. The molecular formula is C22H31N3O2S. The van der Waals surface area contributed by atoms with E-state index in [1.54, 1.807) is 0 Å². The molecule has 0 spiro atoms. The first-order valence-corrected chi connectivity index (χ1v) is 11.7. The summed E-state index contributed by atoms with van der Waals surface area (Å²) >= 11 is 1.51. The molecule has 0 aromatic carbocycles. The van der Waals surface area contributed by atoms with Gasteiger partial charge in [-0.2, -0.15) is 0 Å². The zero-order valence-corrected chi connectivity index (χ0v) is 17.8. The Morgan fingerprint density at radius 2 is 1.71 bits per heavy atom. The number of thiazole rings is 1. The Bertz CT molecular complexity index is 743. The maximum atomic E-state index is 13.7. The van der Waals surface area contributed by atoms with Crippen LogP contribution < -0.4 is 5.32 Å². The van der Waals surface area contributed by atoms with Crippen molar-refractivity contribution in [3.05, 3.63) is 10.6 Å². The van der Waals surface area contributed by atoms with E-state index in [1.807, 2.05) is 18.7 Å². The number of anilines is 1. The minimum atomic E-state index is -0.168. The number of carbonyl (C=O) groups excluding carboxylic acids is 2. The van der Waals surface area contributed by atoms with Crippen molar-refractivity contribution in [2.75, 3.05) is 18.4 Å². The number of carbonyl (C=O) groups is 2. The largest absolute Gasteiger partial charge is 0.333 e. The van der Waals surface area contributed by atoms with E-state index in [0.717, 1.165) is 54.1 Å². The summed E-state index contributed by atoms with van der Waals surface area (Å²) in [6.45, 7) is 4.90. The number of nitrogens with one attached hydrogen (secondary N) is 1. The lowest BCUT2D eigenvalue weighted by atomic mass is 9.49. The minimum Gasteiger partial charge on any atom is -0.333 e. The first-order valence-electron chi connectivity index (χ1n) is 10.9. The van der Waals surface area contributed by atoms with Crippen molar-refractivity contribution in [3.8, 4) is 0 Å². The van der Waals surface area contributed by atoms with Crippen LogP contribution in [0.1, 0.15) is 61.9 Å². The number of aromatic nitrogens is 1. The smallest absolute Gasteiger partial charge is 0.245 e. The highest BCUT2D eigenvalue weighted by Crippen LogP contribution is 2.60. The number of aryl methyl sites for hydroxylation is 2. The van der Waals surface area contributed by atoms with Gasteiger partial charge in [0.2, 0.25) is 11.8 Å². The second kappa shape index (κ2) is 6.82. The first kappa shape index (κ1) is 18.6. The van der Waals surface area contributed by atoms with Gasteiger partial charge in [0.1, 0.15) is 0 Å². The standard InChI is InChI=1S/C22H31N3O2S/c1-13-14(2)28-21(23-13)24-19(26)12-25(11-15-3-4-15)20(27)22-8-16-5-17(9-22)7-18(6-16)10-22/h15-18H,3-12H2,1-2H3,(H,23,24,26). The van der Waals surface area contributed by atoms with Crippen LogP contribution in [0.2, 0.25) is 0 Å². The first-order chi connectivity index (χ1) is 13.4. The van der Waals surface area contributed by atoms with Crippen LogP contribution in [0.15, 0.2) is 0 Å². The lowest BCUT2D eigenvalue weighted by Crippen LogP contribution is -2.55. The van der Waals surface area contributed by atoms with E-state index in [0.29, 0.717) is 11.0 Å². The molecular weight excluding hydrogens is 370 g/mol. The summed E-state index contributed by atoms with van der Waals surface area (Å²) in [5.74, 6) is 3.00. The number of nitrogens with zero attached hydrogens (tertiary/aromatic N) is 2. The zero-order valence-electron chi connectivity index (χ0n) is 17.0. The van der Waals surface area contributed by atoms with Crippen LogP contribution in [0, 0.1) is 42.9 Å². The van der Waals surface area contributed by atoms with Gasteiger partial charge in [-0.15, -0.1) is 11.3 Å². The fraction of sp³-hybridized carbons (Fsp3) is 0.773. The van der Waals surface area contributed by atoms with Gasteiger partial charge in [0.15, 0.2) is 5.13 Å². The molecule has 6 rings (SSSR count). The average Bonchev–Trinajstić information content (AvgIpc) is 3.37. The zero-order chi connectivity index (χ0) is 19.5. The number of rotatable bonds is 6. The third-order valence-electron chi connectivity index (χ3n) is 7.56. The van der Waals surface area contributed by atoms with Crippen molar-refractivity contribution in [2.24, 2.45) is 29.1 Å². The Kier molecular flexibility index (Phi) is 4.53. The highest BCUT2D eigenvalue weighted by molar-refractivity contribution is 7.15. The van der Waals surface area contributed by atoms with Gasteiger partial charge in [-0.3, -0.25) is 9.59 Å². The van der Waals surface area contributed by atoms with E-state index >= 15 is 0 Å². The molecule has 1 aromatic rings. The van der Waals surface area contributed by atoms with E-state index < -0.39 is 0 Å². The Hall–Kier alpha value is -1.43. The van der Waals surface area contributed by atoms with Crippen molar-refractivity contribution in [1.82, 2.24) is 9.88 Å². The summed E-state index contributed by atoms with van der Waals surface area (Å²) in [4.78, 5) is 33.9. The van der Waals surface area contributed by atoms with Crippen molar-refractivity contribution >= 4 is 28.3 Å². The molecule has 152 valence electrons. The molecule has 0 atom stereocenters. The third-order valence-corrected chi connectivity index (χ3v) is 8.55. The summed E-state index contributed by atoms with van der Waals surface area (Å²) in [7, 11) is 0. The normalized spacial score (nSPS) is 33.1. The molecule has 2 amide bonds. The molecule has 5 fully saturated rings. The fourth-order valence-electron chi connectivity index (χ4n) is 6.40. The predicted molar refractivity (Wildman–Crippen MR) is 110 cm³/mol. The Morgan fingerprint density at radius 3 is 2.21 bits per heavy atom. The summed E-state index contributed by atoms with van der Waals surface area (Å²) in [5, 5.41) is 3.58. The second-order valence-corrected chi connectivity index (χ2v) is 11.2. The minimum absolute atomic E-state index is 0.104. The predicted octanol–water partition coefficient (Wildman–Crippen LogP) is 4.15. The van der Waals surface area contributed by atoms with Crippen LogP contribution in [0.25, 0.3) is 0 Å². The Morgan fingerprint density at radius 1 is 1.11 bits per heavy atom. The number of hydrogen-bond acceptors (Lipinski definition) is 4. The van der Waals surface area contributed by atoms with E-state index in [9.17, 15) is 9.59 Å². The van der Waals surface area contributed by atoms with Crippen LogP contribution in [0.5, 0.6) is 0 Å². The molecule has 5 aliphatic rings. The average molecular weight is 402 g/mol. The van der Waals surface area contributed by atoms with Crippen LogP contribution in [-0.4, -0.2) is 34.8 Å². The summed E-state index contributed by atoms with van der Waals surface area (Å²) in [6, 6.07) is 0. The molecule has 1 heterocycles. The van der Waals surface area contributed by atoms with Crippen LogP contribution >= 0.6 is 11.3 Å². The molecule has 28 heavy (non-hydrogen) atoms. The summed E-state index contributed by atoms with van der Waals surface area (Å²) < 4.78 is 0. The fourth-order valence-corrected chi connectivity index (χ4v) is 7.23. The van der Waals surface area contributed by atoms with Crippen molar-refractivity contribution < 1.29 is 9.59 Å². The van der Waals surface area contributed by atoms with Crippen LogP contribution in [-0.2, 0) is 9.59 Å². The molecule has 1 aromatic heterocycles. The van der Waals surface area contributed by atoms with Crippen molar-refractivity contribution in [3.63, 3.8) is 0 Å². The number of amides is 2. The third kappa shape index (κ3) is 3.49. The monoisotopic (exact) mass is 401 g/mol. The molecule has 0 aliphatic heterocycles. The topological polar surface area (TPSA) is 62.3 Å². The Labute approximate surface area is 171 Å². The summed E-state index contributed by atoms with van der Waals surface area (Å²) in [5.41, 5.74) is 0.790. The second-order valence-electron chi connectivity index (χ2n) is 10.0. The van der Waals surface area contributed by atoms with Crippen LogP contribution in [0.4, 0.5) is 5.13 Å². The highest BCUT2D eigenvalue weighted by Gasteiger charge is 2.55. The lowest BCUT2D eigenvalue weighted by Gasteiger charge is -2.56. The Balaban J connectivity index is 1.30. The van der Waals surface area contributed by atoms with Gasteiger partial charge in [0, 0.05) is 11.4 Å². The quantitative estimate of drug-likeness (QED) is 0.779. The van der Waals surface area contributed by atoms with Gasteiger partial charge in [-0.25, -0.2) is 4.98 Å². The molecule has 4 bridgehead atoms. The van der Waals surface area contributed by atoms with E-state index in [1.165, 1.54) is 43.4 Å². The van der Waals surface area contributed by atoms with Gasteiger partial charge >= 0.3 is 0 Å². The highest BCUT2D eigenvalue weighted by atomic mass is 32.1. The van der Waals surface area contributed by atoms with E-state index in [-0.39, 0.29) is 23.8 Å². The molecule has 0 radical (unpaired) electrons. The van der Waals surface area contributed by atoms with Gasteiger partial charge in [0.05, 0.1) is 17.7 Å². The lowest BCUT2D eigenvalue weighted by molar-refractivity contribution is -0.159. The molecule has 5 nitrogen and oxygen atoms in total. The summed E-state index contributed by atoms with van der Waals surface area (Å²) in [6.07, 6.45) is 9.56. The van der Waals surface area contributed by atoms with Gasteiger partial charge < -0.3 is 10.2 Å². The molecule has 5 aliphatic carbocycles. The van der Waals surface area contributed by atoms with Gasteiger partial charge in [-0.1, -0.05) is 0 Å². The van der Waals surface area contributed by atoms with E-state index in [4.69, 9.17) is 0 Å². The maximum Gasteiger partial charge on any atom is 0.245 e. The number of hydrogen-bond donors (Lipinski definition) is 1. The van der Waals surface area contributed by atoms with Crippen LogP contribution in [0.3, 0.4) is 0 Å². The molecule has 0 unspecified atom stereocenters. The molecule has 1 N–H and O–H groups in total. The van der Waals surface area contributed by atoms with Gasteiger partial charge in [-0.05, 0) is 88.9 Å². The van der Waals surface area contributed by atoms with Gasteiger partial charge in [0.25, 0.3) is 0 Å². The molecule has 5 saturated carbocycles. The maximum absolute atomic E-state index is 13.7. The molecule has 6 heteroatoms.